The minimum absolute atomic E-state index is 0.0904. The smallest absolute Gasteiger partial charge is 0.317 e. The van der Waals surface area contributed by atoms with Gasteiger partial charge < -0.3 is 19.7 Å². The molecule has 1 amide bonds. The third-order valence-electron chi connectivity index (χ3n) is 5.20. The normalized spacial score (nSPS) is 17.2. The monoisotopic (exact) mass is 438 g/mol. The average Bonchev–Trinajstić information content (AvgIpc) is 3.44. The van der Waals surface area contributed by atoms with Gasteiger partial charge >= 0.3 is 6.01 Å². The van der Waals surface area contributed by atoms with E-state index in [-0.39, 0.29) is 12.0 Å². The van der Waals surface area contributed by atoms with Crippen molar-refractivity contribution in [2.75, 3.05) is 30.0 Å². The molecule has 0 spiro atoms. The van der Waals surface area contributed by atoms with Crippen LogP contribution in [0, 0.1) is 0 Å². The number of hydrogen-bond acceptors (Lipinski definition) is 9. The van der Waals surface area contributed by atoms with Crippen LogP contribution in [0.25, 0.3) is 10.6 Å². The average molecular weight is 439 g/mol. The molecule has 3 aromatic rings. The Balaban J connectivity index is 1.25. The maximum Gasteiger partial charge on any atom is 0.317 e. The van der Waals surface area contributed by atoms with E-state index in [1.807, 2.05) is 18.2 Å². The van der Waals surface area contributed by atoms with Crippen molar-refractivity contribution in [1.29, 1.82) is 0 Å². The van der Waals surface area contributed by atoms with Crippen molar-refractivity contribution in [3.63, 3.8) is 0 Å². The van der Waals surface area contributed by atoms with Crippen LogP contribution in [0.1, 0.15) is 25.7 Å². The van der Waals surface area contributed by atoms with Crippen LogP contribution in [0.5, 0.6) is 6.01 Å². The molecule has 2 aliphatic rings. The molecule has 0 saturated carbocycles. The molecule has 1 N–H and O–H groups in total. The number of carbonyl (C=O) groups excluding carboxylic acids is 1. The molecule has 2 saturated heterocycles. The fraction of sp³-hybridized carbons (Fsp3) is 0.381. The van der Waals surface area contributed by atoms with Crippen LogP contribution in [0.2, 0.25) is 0 Å². The van der Waals surface area contributed by atoms with Gasteiger partial charge in [-0.2, -0.15) is 4.98 Å². The maximum absolute atomic E-state index is 11.9. The molecule has 9 nitrogen and oxygen atoms in total. The first kappa shape index (κ1) is 19.8. The molecule has 3 aromatic heterocycles. The second-order valence-electron chi connectivity index (χ2n) is 7.36. The predicted octanol–water partition coefficient (Wildman–Crippen LogP) is 3.42. The highest BCUT2D eigenvalue weighted by atomic mass is 32.1. The highest BCUT2D eigenvalue weighted by Crippen LogP contribution is 2.30. The molecule has 0 atom stereocenters. The molecule has 0 aromatic carbocycles. The molecular formula is C21H22N6O3S. The molecule has 160 valence electrons. The molecule has 0 unspecified atom stereocenters. The third-order valence-corrected chi connectivity index (χ3v) is 6.14. The molecule has 0 radical (unpaired) electrons. The van der Waals surface area contributed by atoms with E-state index in [9.17, 15) is 4.79 Å². The van der Waals surface area contributed by atoms with Crippen LogP contribution in [-0.2, 0) is 9.53 Å². The van der Waals surface area contributed by atoms with Crippen LogP contribution >= 0.6 is 11.3 Å². The van der Waals surface area contributed by atoms with Gasteiger partial charge in [-0.25, -0.2) is 15.0 Å². The predicted molar refractivity (Wildman–Crippen MR) is 117 cm³/mol. The van der Waals surface area contributed by atoms with Gasteiger partial charge in [-0.15, -0.1) is 0 Å². The Morgan fingerprint density at radius 1 is 1.13 bits per heavy atom. The molecular weight excluding hydrogens is 416 g/mol. The number of thiazole rings is 1. The van der Waals surface area contributed by atoms with Crippen LogP contribution < -0.4 is 15.0 Å². The molecule has 0 bridgehead atoms. The summed E-state index contributed by atoms with van der Waals surface area (Å²) in [6, 6.07) is 5.97. The standard InChI is InChI=1S/C21H22N6O3S/c28-19-2-1-9-27(19)14-3-4-18(23-12-14)26-21-24-13-17(31-21)16-5-8-22-20(25-16)30-15-6-10-29-11-7-15/h3-5,8,12-13,15H,1-2,6-7,9-11H2,(H,23,24,26). The van der Waals surface area contributed by atoms with Crippen molar-refractivity contribution in [3.8, 4) is 16.6 Å². The number of carbonyl (C=O) groups is 1. The lowest BCUT2D eigenvalue weighted by molar-refractivity contribution is -0.117. The Labute approximate surface area is 183 Å². The number of aromatic nitrogens is 4. The fourth-order valence-corrected chi connectivity index (χ4v) is 4.37. The first-order valence-electron chi connectivity index (χ1n) is 10.3. The highest BCUT2D eigenvalue weighted by molar-refractivity contribution is 7.18. The number of ether oxygens (including phenoxy) is 2. The largest absolute Gasteiger partial charge is 0.460 e. The fourth-order valence-electron chi connectivity index (χ4n) is 3.58. The van der Waals surface area contributed by atoms with Crippen molar-refractivity contribution in [2.24, 2.45) is 0 Å². The summed E-state index contributed by atoms with van der Waals surface area (Å²) in [6.45, 7) is 2.16. The first-order valence-corrected chi connectivity index (χ1v) is 11.1. The maximum atomic E-state index is 11.9. The van der Waals surface area contributed by atoms with Crippen molar-refractivity contribution in [1.82, 2.24) is 19.9 Å². The van der Waals surface area contributed by atoms with E-state index in [0.717, 1.165) is 42.1 Å². The summed E-state index contributed by atoms with van der Waals surface area (Å²) in [7, 11) is 0. The van der Waals surface area contributed by atoms with Gasteiger partial charge in [0.2, 0.25) is 5.91 Å². The molecule has 2 aliphatic heterocycles. The molecule has 2 fully saturated rings. The van der Waals surface area contributed by atoms with E-state index >= 15 is 0 Å². The summed E-state index contributed by atoms with van der Waals surface area (Å²) < 4.78 is 11.3. The minimum atomic E-state index is 0.0904. The van der Waals surface area contributed by atoms with Gasteiger partial charge in [-0.05, 0) is 24.6 Å². The molecule has 0 aliphatic carbocycles. The van der Waals surface area contributed by atoms with Gasteiger partial charge in [0, 0.05) is 38.2 Å². The molecule has 31 heavy (non-hydrogen) atoms. The lowest BCUT2D eigenvalue weighted by atomic mass is 10.2. The number of pyridine rings is 1. The van der Waals surface area contributed by atoms with E-state index < -0.39 is 0 Å². The Morgan fingerprint density at radius 2 is 2.03 bits per heavy atom. The second-order valence-corrected chi connectivity index (χ2v) is 8.39. The van der Waals surface area contributed by atoms with Crippen LogP contribution in [-0.4, -0.2) is 51.7 Å². The number of anilines is 3. The molecule has 10 heteroatoms. The quantitative estimate of drug-likeness (QED) is 0.625. The summed E-state index contributed by atoms with van der Waals surface area (Å²) >= 11 is 1.47. The van der Waals surface area contributed by atoms with E-state index in [1.54, 1.807) is 23.5 Å². The van der Waals surface area contributed by atoms with Crippen LogP contribution in [0.3, 0.4) is 0 Å². The Kier molecular flexibility index (Phi) is 5.72. The Morgan fingerprint density at radius 3 is 2.81 bits per heavy atom. The highest BCUT2D eigenvalue weighted by Gasteiger charge is 2.22. The van der Waals surface area contributed by atoms with E-state index in [1.165, 1.54) is 11.3 Å². The number of nitrogens with one attached hydrogen (secondary N) is 1. The van der Waals surface area contributed by atoms with Gasteiger partial charge in [-0.3, -0.25) is 4.79 Å². The number of amides is 1. The van der Waals surface area contributed by atoms with Crippen molar-refractivity contribution < 1.29 is 14.3 Å². The third kappa shape index (κ3) is 4.64. The lowest BCUT2D eigenvalue weighted by Crippen LogP contribution is -2.26. The van der Waals surface area contributed by atoms with Gasteiger partial charge in [0.15, 0.2) is 5.13 Å². The lowest BCUT2D eigenvalue weighted by Gasteiger charge is -2.22. The van der Waals surface area contributed by atoms with Crippen LogP contribution in [0.4, 0.5) is 16.6 Å². The van der Waals surface area contributed by atoms with Gasteiger partial charge in [0.1, 0.15) is 11.9 Å². The number of nitrogens with zero attached hydrogens (tertiary/aromatic N) is 5. The van der Waals surface area contributed by atoms with Gasteiger partial charge in [0.05, 0.1) is 35.7 Å². The Hall–Kier alpha value is -3.11. The summed E-state index contributed by atoms with van der Waals surface area (Å²) in [5.74, 6) is 0.819. The van der Waals surface area contributed by atoms with Crippen molar-refractivity contribution in [2.45, 2.75) is 31.8 Å². The molecule has 5 heterocycles. The first-order chi connectivity index (χ1) is 15.2. The van der Waals surface area contributed by atoms with Gasteiger partial charge in [-0.1, -0.05) is 11.3 Å². The summed E-state index contributed by atoms with van der Waals surface area (Å²) in [6.07, 6.45) is 8.46. The zero-order chi connectivity index (χ0) is 21.0. The summed E-state index contributed by atoms with van der Waals surface area (Å²) in [5, 5.41) is 3.91. The molecule has 5 rings (SSSR count). The van der Waals surface area contributed by atoms with Crippen molar-refractivity contribution in [3.05, 3.63) is 36.8 Å². The van der Waals surface area contributed by atoms with Crippen molar-refractivity contribution >= 4 is 33.9 Å². The van der Waals surface area contributed by atoms with E-state index in [4.69, 9.17) is 9.47 Å². The van der Waals surface area contributed by atoms with Gasteiger partial charge in [0.25, 0.3) is 0 Å². The SMILES string of the molecule is O=C1CCCN1c1ccc(Nc2ncc(-c3ccnc(OC4CCOCC4)n3)s2)nc1. The number of rotatable bonds is 6. The van der Waals surface area contributed by atoms with E-state index in [2.05, 4.69) is 25.3 Å². The number of hydrogen-bond donors (Lipinski definition) is 1. The van der Waals surface area contributed by atoms with Crippen LogP contribution in [0.15, 0.2) is 36.8 Å². The second kappa shape index (κ2) is 8.94. The summed E-state index contributed by atoms with van der Waals surface area (Å²) in [4.78, 5) is 32.2. The Bertz CT molecular complexity index is 1050. The topological polar surface area (TPSA) is 102 Å². The zero-order valence-corrected chi connectivity index (χ0v) is 17.7. The minimum Gasteiger partial charge on any atom is -0.460 e. The summed E-state index contributed by atoms with van der Waals surface area (Å²) in [5.41, 5.74) is 1.59. The zero-order valence-electron chi connectivity index (χ0n) is 16.9. The van der Waals surface area contributed by atoms with E-state index in [0.29, 0.717) is 36.6 Å².